The number of Topliss-reactive ketones (excluding diaryl/α,β-unsaturated/α-hetero) is 1. The van der Waals surface area contributed by atoms with Crippen LogP contribution in [0, 0.1) is 0 Å². The normalized spacial score (nSPS) is 16.3. The van der Waals surface area contributed by atoms with Crippen LogP contribution in [0.1, 0.15) is 51.1 Å². The molecule has 2 rings (SSSR count). The van der Waals surface area contributed by atoms with Crippen LogP contribution in [-0.2, 0) is 9.59 Å². The van der Waals surface area contributed by atoms with Crippen LogP contribution in [0.25, 0.3) is 0 Å². The predicted octanol–water partition coefficient (Wildman–Crippen LogP) is 2.25. The number of benzene rings is 1. The molecule has 1 aliphatic rings. The Labute approximate surface area is 156 Å². The van der Waals surface area contributed by atoms with Crippen molar-refractivity contribution >= 4 is 11.7 Å². The molecule has 1 fully saturated rings. The van der Waals surface area contributed by atoms with Crippen LogP contribution < -0.4 is 15.4 Å². The van der Waals surface area contributed by atoms with Gasteiger partial charge in [-0.3, -0.25) is 14.5 Å². The van der Waals surface area contributed by atoms with Crippen molar-refractivity contribution in [2.24, 2.45) is 0 Å². The maximum Gasteiger partial charge on any atom is 0.220 e. The van der Waals surface area contributed by atoms with E-state index in [0.29, 0.717) is 31.7 Å². The topological polar surface area (TPSA) is 70.7 Å². The van der Waals surface area contributed by atoms with Crippen molar-refractivity contribution in [2.75, 3.05) is 32.9 Å². The molecule has 0 aliphatic carbocycles. The van der Waals surface area contributed by atoms with Crippen molar-refractivity contribution in [1.82, 2.24) is 15.5 Å². The number of ether oxygens (including phenoxy) is 1. The highest BCUT2D eigenvalue weighted by Gasteiger charge is 2.15. The van der Waals surface area contributed by atoms with Crippen molar-refractivity contribution in [1.29, 1.82) is 0 Å². The molecule has 0 spiro atoms. The third-order valence-electron chi connectivity index (χ3n) is 4.58. The van der Waals surface area contributed by atoms with Crippen molar-refractivity contribution < 1.29 is 14.3 Å². The molecule has 1 atom stereocenters. The van der Waals surface area contributed by atoms with Crippen LogP contribution in [-0.4, -0.2) is 49.5 Å². The van der Waals surface area contributed by atoms with Crippen molar-refractivity contribution in [3.05, 3.63) is 29.8 Å². The first-order valence-electron chi connectivity index (χ1n) is 9.55. The Hall–Kier alpha value is -1.92. The Morgan fingerprint density at radius 3 is 2.58 bits per heavy atom. The summed E-state index contributed by atoms with van der Waals surface area (Å²) in [5, 5.41) is 6.39. The Bertz CT molecular complexity index is 564. The van der Waals surface area contributed by atoms with Gasteiger partial charge >= 0.3 is 0 Å². The number of ketones is 1. The first-order chi connectivity index (χ1) is 12.6. The Balaban J connectivity index is 1.58. The first kappa shape index (κ1) is 20.4. The molecule has 1 aromatic rings. The van der Waals surface area contributed by atoms with E-state index in [1.807, 2.05) is 38.1 Å². The molecule has 1 aliphatic heterocycles. The molecule has 1 aromatic carbocycles. The number of carbonyl (C=O) groups is 2. The molecular weight excluding hydrogens is 330 g/mol. The van der Waals surface area contributed by atoms with Gasteiger partial charge in [-0.15, -0.1) is 0 Å². The van der Waals surface area contributed by atoms with Gasteiger partial charge in [0.1, 0.15) is 11.5 Å². The lowest BCUT2D eigenvalue weighted by Gasteiger charge is -2.25. The van der Waals surface area contributed by atoms with Crippen LogP contribution in [0.4, 0.5) is 0 Å². The summed E-state index contributed by atoms with van der Waals surface area (Å²) >= 11 is 0. The van der Waals surface area contributed by atoms with E-state index in [0.717, 1.165) is 44.0 Å². The smallest absolute Gasteiger partial charge is 0.220 e. The van der Waals surface area contributed by atoms with Gasteiger partial charge in [-0.25, -0.2) is 0 Å². The molecule has 1 saturated heterocycles. The van der Waals surface area contributed by atoms with Gasteiger partial charge in [-0.05, 0) is 44.5 Å². The van der Waals surface area contributed by atoms with E-state index in [-0.39, 0.29) is 11.9 Å². The third-order valence-corrected chi connectivity index (χ3v) is 4.58. The van der Waals surface area contributed by atoms with Gasteiger partial charge in [-0.1, -0.05) is 12.1 Å². The average molecular weight is 361 g/mol. The van der Waals surface area contributed by atoms with E-state index in [9.17, 15) is 9.59 Å². The average Bonchev–Trinajstić information content (AvgIpc) is 2.64. The summed E-state index contributed by atoms with van der Waals surface area (Å²) in [7, 11) is 0. The predicted molar refractivity (Wildman–Crippen MR) is 102 cm³/mol. The highest BCUT2D eigenvalue weighted by molar-refractivity contribution is 5.79. The van der Waals surface area contributed by atoms with E-state index in [4.69, 9.17) is 4.74 Å². The Morgan fingerprint density at radius 1 is 1.23 bits per heavy atom. The quantitative estimate of drug-likeness (QED) is 0.626. The lowest BCUT2D eigenvalue weighted by Crippen LogP contribution is -2.40. The summed E-state index contributed by atoms with van der Waals surface area (Å²) in [4.78, 5) is 25.5. The van der Waals surface area contributed by atoms with Gasteiger partial charge in [0.2, 0.25) is 5.91 Å². The monoisotopic (exact) mass is 361 g/mol. The van der Waals surface area contributed by atoms with E-state index >= 15 is 0 Å². The minimum atomic E-state index is -0.0166. The van der Waals surface area contributed by atoms with Crippen LogP contribution in [0.15, 0.2) is 24.3 Å². The highest BCUT2D eigenvalue weighted by Crippen LogP contribution is 2.17. The zero-order valence-electron chi connectivity index (χ0n) is 15.9. The maximum atomic E-state index is 12.1. The number of piperidine rings is 1. The summed E-state index contributed by atoms with van der Waals surface area (Å²) in [6, 6.07) is 7.82. The summed E-state index contributed by atoms with van der Waals surface area (Å²) in [5.74, 6) is 1.27. The van der Waals surface area contributed by atoms with E-state index in [1.54, 1.807) is 0 Å². The molecule has 6 heteroatoms. The zero-order valence-corrected chi connectivity index (χ0v) is 15.9. The molecule has 1 heterocycles. The molecule has 1 amide bonds. The number of amides is 1. The maximum absolute atomic E-state index is 12.1. The molecular formula is C20H31N3O3. The van der Waals surface area contributed by atoms with Gasteiger partial charge in [0.05, 0.1) is 12.6 Å². The number of hydrogen-bond acceptors (Lipinski definition) is 5. The number of carbonyl (C=O) groups excluding carboxylic acids is 2. The second kappa shape index (κ2) is 10.9. The fourth-order valence-electron chi connectivity index (χ4n) is 2.99. The second-order valence-electron chi connectivity index (χ2n) is 6.71. The Morgan fingerprint density at radius 2 is 1.92 bits per heavy atom. The van der Waals surface area contributed by atoms with E-state index < -0.39 is 0 Å². The van der Waals surface area contributed by atoms with Gasteiger partial charge in [0, 0.05) is 39.0 Å². The molecule has 0 radical (unpaired) electrons. The van der Waals surface area contributed by atoms with Crippen molar-refractivity contribution in [2.45, 2.75) is 45.6 Å². The third kappa shape index (κ3) is 7.14. The molecule has 6 nitrogen and oxygen atoms in total. The summed E-state index contributed by atoms with van der Waals surface area (Å²) in [6.45, 7) is 7.86. The SMILES string of the molecule is CCOc1ccc([C@@H](C)NC(=O)CCCNCN2CCC(=O)CC2)cc1. The van der Waals surface area contributed by atoms with Gasteiger partial charge in [0.25, 0.3) is 0 Å². The van der Waals surface area contributed by atoms with Crippen molar-refractivity contribution in [3.8, 4) is 5.75 Å². The summed E-state index contributed by atoms with van der Waals surface area (Å²) < 4.78 is 5.43. The lowest BCUT2D eigenvalue weighted by molar-refractivity contribution is -0.122. The molecule has 0 saturated carbocycles. The zero-order chi connectivity index (χ0) is 18.8. The molecule has 144 valence electrons. The Kier molecular flexibility index (Phi) is 8.58. The van der Waals surface area contributed by atoms with Crippen LogP contribution >= 0.6 is 0 Å². The lowest BCUT2D eigenvalue weighted by atomic mass is 10.1. The van der Waals surface area contributed by atoms with Crippen LogP contribution in [0.3, 0.4) is 0 Å². The molecule has 2 N–H and O–H groups in total. The van der Waals surface area contributed by atoms with Crippen LogP contribution in [0.2, 0.25) is 0 Å². The second-order valence-corrected chi connectivity index (χ2v) is 6.71. The van der Waals surface area contributed by atoms with E-state index in [1.165, 1.54) is 0 Å². The fourth-order valence-corrected chi connectivity index (χ4v) is 2.99. The fraction of sp³-hybridized carbons (Fsp3) is 0.600. The van der Waals surface area contributed by atoms with E-state index in [2.05, 4.69) is 15.5 Å². The summed E-state index contributed by atoms with van der Waals surface area (Å²) in [6.07, 6.45) is 2.63. The standard InChI is InChI=1S/C20H31N3O3/c1-3-26-19-8-6-17(7-9-19)16(2)22-20(25)5-4-12-21-15-23-13-10-18(24)11-14-23/h6-9,16,21H,3-5,10-15H2,1-2H3,(H,22,25)/t16-/m1/s1. The van der Waals surface area contributed by atoms with Gasteiger partial charge in [-0.2, -0.15) is 0 Å². The number of rotatable bonds is 10. The number of likely N-dealkylation sites (tertiary alicyclic amines) is 1. The van der Waals surface area contributed by atoms with Gasteiger partial charge in [0.15, 0.2) is 0 Å². The van der Waals surface area contributed by atoms with Crippen molar-refractivity contribution in [3.63, 3.8) is 0 Å². The first-order valence-corrected chi connectivity index (χ1v) is 9.55. The van der Waals surface area contributed by atoms with Gasteiger partial charge < -0.3 is 15.4 Å². The van der Waals surface area contributed by atoms with Crippen LogP contribution in [0.5, 0.6) is 5.75 Å². The molecule has 26 heavy (non-hydrogen) atoms. The largest absolute Gasteiger partial charge is 0.494 e. The summed E-state index contributed by atoms with van der Waals surface area (Å²) in [5.41, 5.74) is 1.07. The minimum Gasteiger partial charge on any atom is -0.494 e. The minimum absolute atomic E-state index is 0.0166. The highest BCUT2D eigenvalue weighted by atomic mass is 16.5. The number of hydrogen-bond donors (Lipinski definition) is 2. The number of nitrogens with one attached hydrogen (secondary N) is 2. The molecule has 0 aromatic heterocycles. The number of nitrogens with zero attached hydrogens (tertiary/aromatic N) is 1. The molecule has 0 unspecified atom stereocenters. The molecule has 0 bridgehead atoms.